The lowest BCUT2D eigenvalue weighted by Gasteiger charge is -2.39. The van der Waals surface area contributed by atoms with Crippen molar-refractivity contribution in [2.75, 3.05) is 13.2 Å². The van der Waals surface area contributed by atoms with Gasteiger partial charge in [0.25, 0.3) is 0 Å². The van der Waals surface area contributed by atoms with E-state index in [4.69, 9.17) is 9.47 Å². The van der Waals surface area contributed by atoms with E-state index in [1.807, 2.05) is 0 Å². The summed E-state index contributed by atoms with van der Waals surface area (Å²) < 4.78 is 17.1. The number of aromatic nitrogens is 2. The molecule has 0 N–H and O–H groups in total. The predicted molar refractivity (Wildman–Crippen MR) is 308 cm³/mol. The second-order valence-electron chi connectivity index (χ2n) is 23.6. The molecule has 2 heterocycles. The number of hydrogen-bond acceptors (Lipinski definition) is 2. The van der Waals surface area contributed by atoms with Gasteiger partial charge < -0.3 is 18.6 Å². The molecule has 2 atom stereocenters. The van der Waals surface area contributed by atoms with Crippen LogP contribution in [-0.2, 0) is 22.6 Å². The first-order valence-corrected chi connectivity index (χ1v) is 30.2. The summed E-state index contributed by atoms with van der Waals surface area (Å²) >= 11 is 0. The molecule has 2 aliphatic carbocycles. The van der Waals surface area contributed by atoms with Gasteiger partial charge in [0, 0.05) is 81.0 Å². The van der Waals surface area contributed by atoms with E-state index < -0.39 is 8.07 Å². The van der Waals surface area contributed by atoms with Gasteiger partial charge in [-0.05, 0) is 162 Å². The molecule has 0 bridgehead atoms. The summed E-state index contributed by atoms with van der Waals surface area (Å²) in [6.07, 6.45) is 14.5. The van der Waals surface area contributed by atoms with Crippen LogP contribution in [0.15, 0.2) is 132 Å². The third-order valence-electron chi connectivity index (χ3n) is 15.8. The van der Waals surface area contributed by atoms with Crippen molar-refractivity contribution < 1.29 is 9.47 Å². The first-order chi connectivity index (χ1) is 34.1. The van der Waals surface area contributed by atoms with E-state index >= 15 is 0 Å². The first-order valence-electron chi connectivity index (χ1n) is 27.0. The third kappa shape index (κ3) is 9.79. The van der Waals surface area contributed by atoms with Crippen molar-refractivity contribution in [2.24, 2.45) is 0 Å². The Bertz CT molecular complexity index is 3090. The summed E-state index contributed by atoms with van der Waals surface area (Å²) in [5.41, 5.74) is 20.3. The van der Waals surface area contributed by atoms with Gasteiger partial charge in [0.2, 0.25) is 0 Å². The SMILES string of the molecule is CC1=Cc2c(-c3ccc4c(c3)c3ccccc3n4CCCCCCOC(C)(C)C)cccc2C1[Si](C)(C)C1C(C)=Cc2c(-c3ccc4c(c3)c3ccccc3n4CCCCCCOC(C)(C)C)cccc21. The van der Waals surface area contributed by atoms with Crippen molar-refractivity contribution in [1.29, 1.82) is 0 Å². The maximum absolute atomic E-state index is 5.99. The minimum Gasteiger partial charge on any atom is -0.376 e. The van der Waals surface area contributed by atoms with Gasteiger partial charge in [-0.2, -0.15) is 0 Å². The maximum atomic E-state index is 5.99. The first kappa shape index (κ1) is 49.1. The van der Waals surface area contributed by atoms with Crippen molar-refractivity contribution in [3.8, 4) is 22.3 Å². The average Bonchev–Trinajstić information content (AvgIpc) is 4.06. The minimum atomic E-state index is -2.09. The summed E-state index contributed by atoms with van der Waals surface area (Å²) in [5, 5.41) is 5.41. The molecule has 4 nitrogen and oxygen atoms in total. The molecular formula is C66H78N2O2Si. The number of benzene rings is 6. The van der Waals surface area contributed by atoms with Crippen LogP contribution in [-0.4, -0.2) is 41.6 Å². The Hall–Kier alpha value is -5.46. The van der Waals surface area contributed by atoms with E-state index in [9.17, 15) is 0 Å². The molecule has 10 rings (SSSR count). The lowest BCUT2D eigenvalue weighted by molar-refractivity contribution is -0.00512. The Kier molecular flexibility index (Phi) is 13.7. The van der Waals surface area contributed by atoms with Gasteiger partial charge in [-0.1, -0.05) is 147 Å². The fourth-order valence-corrected chi connectivity index (χ4v) is 17.8. The largest absolute Gasteiger partial charge is 0.376 e. The van der Waals surface area contributed by atoms with Gasteiger partial charge in [-0.15, -0.1) is 0 Å². The van der Waals surface area contributed by atoms with Gasteiger partial charge in [0.1, 0.15) is 0 Å². The molecule has 6 aromatic carbocycles. The highest BCUT2D eigenvalue weighted by molar-refractivity contribution is 6.81. The normalized spacial score (nSPS) is 16.1. The third-order valence-corrected chi connectivity index (χ3v) is 20.3. The van der Waals surface area contributed by atoms with E-state index in [1.165, 1.54) is 138 Å². The Morgan fingerprint density at radius 3 is 1.25 bits per heavy atom. The smallest absolute Gasteiger partial charge is 0.0722 e. The van der Waals surface area contributed by atoms with E-state index in [0.29, 0.717) is 11.1 Å². The van der Waals surface area contributed by atoms with Crippen LogP contribution in [0.2, 0.25) is 13.1 Å². The quantitative estimate of drug-likeness (QED) is 0.0633. The van der Waals surface area contributed by atoms with Crippen LogP contribution in [0.3, 0.4) is 0 Å². The number of hydrogen-bond donors (Lipinski definition) is 0. The molecule has 8 aromatic rings. The van der Waals surface area contributed by atoms with Crippen LogP contribution in [0, 0.1) is 0 Å². The summed E-state index contributed by atoms with van der Waals surface area (Å²) in [4.78, 5) is 0. The molecule has 0 fully saturated rings. The van der Waals surface area contributed by atoms with Crippen LogP contribution in [0.1, 0.15) is 140 Å². The number of nitrogens with zero attached hydrogens (tertiary/aromatic N) is 2. The standard InChI is InChI=1S/C66H78N2O2Si/c1-45-41-55-49(47-33-35-61-57(43-47)51-25-15-17-31-59(51)67(61)37-19-11-13-21-39-69-65(3,4)5)27-23-29-53(55)63(45)71(9,10)64-46(2)42-56-50(28-24-30-54(56)64)48-34-36-62-58(44-48)52-26-16-18-32-60(52)68(62)38-20-12-14-22-40-70-66(6,7)8/h15-18,23-36,41-44,63-64H,11-14,19-22,37-40H2,1-10H3. The second-order valence-corrected chi connectivity index (χ2v) is 28.4. The van der Waals surface area contributed by atoms with Crippen LogP contribution in [0.4, 0.5) is 0 Å². The van der Waals surface area contributed by atoms with E-state index in [0.717, 1.165) is 39.1 Å². The zero-order valence-electron chi connectivity index (χ0n) is 44.6. The summed E-state index contributed by atoms with van der Waals surface area (Å²) in [6.45, 7) is 26.8. The van der Waals surface area contributed by atoms with E-state index in [-0.39, 0.29) is 11.2 Å². The van der Waals surface area contributed by atoms with Crippen molar-refractivity contribution in [2.45, 2.75) is 155 Å². The molecule has 0 saturated carbocycles. The van der Waals surface area contributed by atoms with Crippen molar-refractivity contribution >= 4 is 63.8 Å². The van der Waals surface area contributed by atoms with E-state index in [2.05, 4.69) is 211 Å². The van der Waals surface area contributed by atoms with Gasteiger partial charge >= 0.3 is 0 Å². The Labute approximate surface area is 425 Å². The fourth-order valence-electron chi connectivity index (χ4n) is 12.9. The molecule has 0 radical (unpaired) electrons. The second kappa shape index (κ2) is 19.9. The number of ether oxygens (including phenoxy) is 2. The topological polar surface area (TPSA) is 28.3 Å². The van der Waals surface area contributed by atoms with Crippen LogP contribution >= 0.6 is 0 Å². The number of para-hydroxylation sites is 2. The zero-order chi connectivity index (χ0) is 49.7. The zero-order valence-corrected chi connectivity index (χ0v) is 45.6. The molecule has 5 heteroatoms. The average molecular weight is 959 g/mol. The van der Waals surface area contributed by atoms with Crippen molar-refractivity contribution in [1.82, 2.24) is 9.13 Å². The molecule has 0 amide bonds. The minimum absolute atomic E-state index is 0.0623. The van der Waals surface area contributed by atoms with Crippen LogP contribution in [0.5, 0.6) is 0 Å². The van der Waals surface area contributed by atoms with Gasteiger partial charge in [-0.3, -0.25) is 0 Å². The highest BCUT2D eigenvalue weighted by Crippen LogP contribution is 2.54. The van der Waals surface area contributed by atoms with Gasteiger partial charge in [0.05, 0.1) is 19.3 Å². The highest BCUT2D eigenvalue weighted by atomic mass is 28.3. The van der Waals surface area contributed by atoms with Crippen molar-refractivity contribution in [3.05, 3.63) is 155 Å². The molecule has 368 valence electrons. The lowest BCUT2D eigenvalue weighted by Crippen LogP contribution is -2.42. The van der Waals surface area contributed by atoms with Crippen molar-refractivity contribution in [3.63, 3.8) is 0 Å². The predicted octanol–water partition coefficient (Wildman–Crippen LogP) is 18.5. The molecule has 0 aliphatic heterocycles. The highest BCUT2D eigenvalue weighted by Gasteiger charge is 2.47. The number of aryl methyl sites for hydroxylation is 2. The van der Waals surface area contributed by atoms with Gasteiger partial charge in [0.15, 0.2) is 0 Å². The van der Waals surface area contributed by atoms with Crippen LogP contribution < -0.4 is 0 Å². The maximum Gasteiger partial charge on any atom is 0.0722 e. The molecule has 71 heavy (non-hydrogen) atoms. The summed E-state index contributed by atoms with van der Waals surface area (Å²) in [5.74, 6) is 0. The lowest BCUT2D eigenvalue weighted by atomic mass is 9.95. The fraction of sp³-hybridized carbons (Fsp3) is 0.394. The molecule has 2 unspecified atom stereocenters. The molecular weight excluding hydrogens is 881 g/mol. The Morgan fingerprint density at radius 2 is 0.831 bits per heavy atom. The summed E-state index contributed by atoms with van der Waals surface area (Å²) in [7, 11) is -2.09. The number of unbranched alkanes of at least 4 members (excludes halogenated alkanes) is 6. The summed E-state index contributed by atoms with van der Waals surface area (Å²) in [6, 6.07) is 46.9. The van der Waals surface area contributed by atoms with E-state index in [1.54, 1.807) is 0 Å². The number of allylic oxidation sites excluding steroid dienone is 2. The number of rotatable bonds is 18. The monoisotopic (exact) mass is 959 g/mol. The Morgan fingerprint density at radius 1 is 0.437 bits per heavy atom. The molecule has 0 saturated heterocycles. The molecule has 2 aromatic heterocycles. The van der Waals surface area contributed by atoms with Gasteiger partial charge in [-0.25, -0.2) is 0 Å². The molecule has 0 spiro atoms. The molecule has 2 aliphatic rings. The number of fused-ring (bicyclic) bond motifs is 8. The Balaban J connectivity index is 0.903. The van der Waals surface area contributed by atoms with Crippen LogP contribution in [0.25, 0.3) is 78.0 Å².